The highest BCUT2D eigenvalue weighted by atomic mass is 16.6. The van der Waals surface area contributed by atoms with E-state index in [1.54, 1.807) is 6.07 Å². The number of epoxide rings is 1. The topological polar surface area (TPSA) is 38.8 Å². The zero-order chi connectivity index (χ0) is 19.3. The second-order valence-corrected chi connectivity index (χ2v) is 6.54. The van der Waals surface area contributed by atoms with E-state index in [0.29, 0.717) is 5.56 Å². The lowest BCUT2D eigenvalue weighted by atomic mass is 10.1. The number of carbonyl (C=O) groups excluding carboxylic acids is 1. The number of unbranched alkanes of at least 4 members (excludes halogenated alkanes) is 3. The summed E-state index contributed by atoms with van der Waals surface area (Å²) in [7, 11) is 1.39. The molecule has 1 aliphatic heterocycles. The van der Waals surface area contributed by atoms with Gasteiger partial charge in [0.15, 0.2) is 0 Å². The molecule has 1 aromatic rings. The van der Waals surface area contributed by atoms with Crippen molar-refractivity contribution in [2.24, 2.45) is 0 Å². The van der Waals surface area contributed by atoms with Crippen molar-refractivity contribution in [3.63, 3.8) is 0 Å². The van der Waals surface area contributed by atoms with E-state index in [2.05, 4.69) is 31.2 Å². The first-order chi connectivity index (χ1) is 13.3. The van der Waals surface area contributed by atoms with E-state index in [0.717, 1.165) is 12.0 Å². The molecule has 0 saturated carbocycles. The Balaban J connectivity index is 1.67. The summed E-state index contributed by atoms with van der Waals surface area (Å²) in [6, 6.07) is 7.41. The maximum Gasteiger partial charge on any atom is 0.337 e. The molecule has 2 rings (SSSR count). The minimum Gasteiger partial charge on any atom is -0.465 e. The number of rotatable bonds is 11. The third-order valence-electron chi connectivity index (χ3n) is 4.35. The van der Waals surface area contributed by atoms with Gasteiger partial charge >= 0.3 is 5.97 Å². The lowest BCUT2D eigenvalue weighted by Crippen LogP contribution is -2.01. The fourth-order valence-electron chi connectivity index (χ4n) is 2.76. The van der Waals surface area contributed by atoms with Gasteiger partial charge in [0.05, 0.1) is 12.7 Å². The van der Waals surface area contributed by atoms with Gasteiger partial charge in [-0.2, -0.15) is 0 Å². The third-order valence-corrected chi connectivity index (χ3v) is 4.35. The lowest BCUT2D eigenvalue weighted by molar-refractivity contribution is 0.0600. The van der Waals surface area contributed by atoms with Gasteiger partial charge in [0.1, 0.15) is 12.2 Å². The smallest absolute Gasteiger partial charge is 0.337 e. The molecule has 1 heterocycles. The van der Waals surface area contributed by atoms with Crippen LogP contribution in [0.3, 0.4) is 0 Å². The van der Waals surface area contributed by atoms with Crippen molar-refractivity contribution in [2.75, 3.05) is 7.11 Å². The molecular weight excluding hydrogens is 336 g/mol. The zero-order valence-electron chi connectivity index (χ0n) is 16.3. The first-order valence-electron chi connectivity index (χ1n) is 9.75. The number of carbonyl (C=O) groups is 1. The lowest BCUT2D eigenvalue weighted by Gasteiger charge is -2.00. The number of methoxy groups -OCH3 is 1. The van der Waals surface area contributed by atoms with Crippen LogP contribution in [0.4, 0.5) is 0 Å². The average Bonchev–Trinajstić information content (AvgIpc) is 3.48. The molecular formula is C24H30O3. The maximum atomic E-state index is 11.6. The summed E-state index contributed by atoms with van der Waals surface area (Å²) >= 11 is 0. The Morgan fingerprint density at radius 2 is 1.96 bits per heavy atom. The van der Waals surface area contributed by atoms with Gasteiger partial charge in [-0.25, -0.2) is 4.79 Å². The highest BCUT2D eigenvalue weighted by molar-refractivity contribution is 5.89. The fraction of sp³-hybridized carbons (Fsp3) is 0.375. The molecule has 0 aliphatic carbocycles. The fourth-order valence-corrected chi connectivity index (χ4v) is 2.76. The molecule has 1 aliphatic rings. The second-order valence-electron chi connectivity index (χ2n) is 6.54. The summed E-state index contributed by atoms with van der Waals surface area (Å²) in [5, 5.41) is 0. The van der Waals surface area contributed by atoms with Gasteiger partial charge in [0.25, 0.3) is 0 Å². The van der Waals surface area contributed by atoms with Crippen LogP contribution in [-0.4, -0.2) is 19.2 Å². The van der Waals surface area contributed by atoms with Crippen molar-refractivity contribution < 1.29 is 14.3 Å². The monoisotopic (exact) mass is 366 g/mol. The van der Waals surface area contributed by atoms with Gasteiger partial charge in [0, 0.05) is 0 Å². The summed E-state index contributed by atoms with van der Waals surface area (Å²) in [6.07, 6.45) is 22.9. The van der Waals surface area contributed by atoms with Crippen LogP contribution in [0, 0.1) is 0 Å². The van der Waals surface area contributed by atoms with Crippen LogP contribution in [0.1, 0.15) is 61.1 Å². The Bertz CT molecular complexity index is 697. The molecule has 3 heteroatoms. The molecule has 0 N–H and O–H groups in total. The molecule has 1 fully saturated rings. The Hall–Kier alpha value is -2.39. The average molecular weight is 367 g/mol. The summed E-state index contributed by atoms with van der Waals surface area (Å²) < 4.78 is 10.4. The van der Waals surface area contributed by atoms with E-state index in [1.807, 2.05) is 42.5 Å². The van der Waals surface area contributed by atoms with Crippen LogP contribution in [0.25, 0.3) is 0 Å². The zero-order valence-corrected chi connectivity index (χ0v) is 16.3. The Labute approximate surface area is 163 Å². The number of hydrogen-bond donors (Lipinski definition) is 0. The second kappa shape index (κ2) is 12.1. The van der Waals surface area contributed by atoms with E-state index in [1.165, 1.54) is 32.8 Å². The predicted octanol–water partition coefficient (Wildman–Crippen LogP) is 6.11. The van der Waals surface area contributed by atoms with E-state index in [-0.39, 0.29) is 18.2 Å². The van der Waals surface area contributed by atoms with Gasteiger partial charge in [-0.3, -0.25) is 0 Å². The molecule has 0 amide bonds. The summed E-state index contributed by atoms with van der Waals surface area (Å²) in [6.45, 7) is 2.23. The van der Waals surface area contributed by atoms with E-state index >= 15 is 0 Å². The molecule has 0 radical (unpaired) electrons. The Morgan fingerprint density at radius 3 is 2.78 bits per heavy atom. The van der Waals surface area contributed by atoms with Crippen molar-refractivity contribution >= 4 is 5.97 Å². The van der Waals surface area contributed by atoms with Gasteiger partial charge < -0.3 is 9.47 Å². The number of esters is 1. The molecule has 0 spiro atoms. The highest BCUT2D eigenvalue weighted by Gasteiger charge is 2.37. The van der Waals surface area contributed by atoms with Gasteiger partial charge in [-0.1, -0.05) is 80.5 Å². The molecule has 1 aromatic carbocycles. The number of hydrogen-bond acceptors (Lipinski definition) is 3. The first-order valence-corrected chi connectivity index (χ1v) is 9.75. The van der Waals surface area contributed by atoms with E-state index in [4.69, 9.17) is 9.47 Å². The highest BCUT2D eigenvalue weighted by Crippen LogP contribution is 2.39. The number of benzene rings is 1. The van der Waals surface area contributed by atoms with Crippen molar-refractivity contribution in [2.45, 2.75) is 51.2 Å². The third kappa shape index (κ3) is 7.79. The molecule has 2 atom stereocenters. The summed E-state index contributed by atoms with van der Waals surface area (Å²) in [5.41, 5.74) is 1.56. The largest absolute Gasteiger partial charge is 0.465 e. The van der Waals surface area contributed by atoms with Crippen molar-refractivity contribution in [3.05, 3.63) is 84.0 Å². The van der Waals surface area contributed by atoms with Crippen LogP contribution < -0.4 is 0 Å². The normalized spacial score (nSPS) is 19.6. The van der Waals surface area contributed by atoms with Crippen molar-refractivity contribution in [1.82, 2.24) is 0 Å². The Morgan fingerprint density at radius 1 is 1.11 bits per heavy atom. The quantitative estimate of drug-likeness (QED) is 0.156. The van der Waals surface area contributed by atoms with Crippen LogP contribution in [-0.2, 0) is 9.47 Å². The van der Waals surface area contributed by atoms with E-state index < -0.39 is 0 Å². The molecule has 3 nitrogen and oxygen atoms in total. The number of ether oxygens (including phenoxy) is 2. The molecule has 2 unspecified atom stereocenters. The number of allylic oxidation sites excluding steroid dienone is 7. The van der Waals surface area contributed by atoms with Gasteiger partial charge in [0.2, 0.25) is 0 Å². The SMILES string of the molecule is CCCCCC=CCC=CC=CC=CC1OC1c1cccc(C(=O)OC)c1. The van der Waals surface area contributed by atoms with Crippen molar-refractivity contribution in [3.8, 4) is 0 Å². The molecule has 27 heavy (non-hydrogen) atoms. The van der Waals surface area contributed by atoms with Gasteiger partial charge in [-0.05, 0) is 37.0 Å². The summed E-state index contributed by atoms with van der Waals surface area (Å²) in [5.74, 6) is -0.324. The van der Waals surface area contributed by atoms with Crippen LogP contribution >= 0.6 is 0 Å². The van der Waals surface area contributed by atoms with Gasteiger partial charge in [-0.15, -0.1) is 0 Å². The van der Waals surface area contributed by atoms with Crippen LogP contribution in [0.15, 0.2) is 72.9 Å². The predicted molar refractivity (Wildman–Crippen MR) is 111 cm³/mol. The minimum absolute atomic E-state index is 0.0210. The molecule has 1 saturated heterocycles. The Kier molecular flexibility index (Phi) is 9.36. The molecule has 0 bridgehead atoms. The van der Waals surface area contributed by atoms with Crippen LogP contribution in [0.5, 0.6) is 0 Å². The summed E-state index contributed by atoms with van der Waals surface area (Å²) in [4.78, 5) is 11.6. The molecule has 0 aromatic heterocycles. The van der Waals surface area contributed by atoms with E-state index in [9.17, 15) is 4.79 Å². The standard InChI is InChI=1S/C24H30O3/c1-3-4-5-6-7-8-9-10-11-12-13-14-18-22-23(27-22)20-16-15-17-21(19-20)24(25)26-2/h7-8,10-19,22-23H,3-6,9H2,1-2H3. The van der Waals surface area contributed by atoms with Crippen molar-refractivity contribution in [1.29, 1.82) is 0 Å². The van der Waals surface area contributed by atoms with Crippen LogP contribution in [0.2, 0.25) is 0 Å². The first kappa shape index (κ1) is 20.9. The molecule has 144 valence electrons. The minimum atomic E-state index is -0.324. The maximum absolute atomic E-state index is 11.6.